The van der Waals surface area contributed by atoms with Crippen molar-refractivity contribution in [2.24, 2.45) is 5.73 Å². The lowest BCUT2D eigenvalue weighted by molar-refractivity contribution is 0.531. The predicted octanol–water partition coefficient (Wildman–Crippen LogP) is 3.70. The molecular formula is C14H13ClFN. The largest absolute Gasteiger partial charge is 0.318 e. The van der Waals surface area contributed by atoms with Gasteiger partial charge in [-0.3, -0.25) is 0 Å². The SMILES string of the molecule is CC(N)(c1ccccc1F)c1ccccc1Cl. The van der Waals surface area contributed by atoms with Crippen molar-refractivity contribution in [2.45, 2.75) is 12.5 Å². The first-order valence-electron chi connectivity index (χ1n) is 5.32. The molecule has 0 saturated carbocycles. The lowest BCUT2D eigenvalue weighted by Gasteiger charge is -2.27. The molecule has 0 radical (unpaired) electrons. The zero-order valence-corrected chi connectivity index (χ0v) is 10.2. The zero-order valence-electron chi connectivity index (χ0n) is 9.45. The molecule has 0 heterocycles. The molecule has 0 amide bonds. The summed E-state index contributed by atoms with van der Waals surface area (Å²) in [5, 5.41) is 0.542. The molecule has 2 N–H and O–H groups in total. The maximum absolute atomic E-state index is 13.8. The van der Waals surface area contributed by atoms with Gasteiger partial charge in [0.15, 0.2) is 0 Å². The molecule has 0 saturated heterocycles. The summed E-state index contributed by atoms with van der Waals surface area (Å²) in [5.74, 6) is -0.322. The minimum atomic E-state index is -0.941. The molecule has 3 heteroatoms. The Bertz CT molecular complexity index is 490. The molecule has 1 atom stereocenters. The van der Waals surface area contributed by atoms with Crippen LogP contribution in [0.25, 0.3) is 0 Å². The Balaban J connectivity index is 2.58. The Hall–Kier alpha value is -1.38. The van der Waals surface area contributed by atoms with Crippen molar-refractivity contribution in [1.29, 1.82) is 0 Å². The lowest BCUT2D eigenvalue weighted by Crippen LogP contribution is -2.35. The van der Waals surface area contributed by atoms with Crippen molar-refractivity contribution in [1.82, 2.24) is 0 Å². The van der Waals surface area contributed by atoms with E-state index >= 15 is 0 Å². The van der Waals surface area contributed by atoms with Crippen LogP contribution in [0.3, 0.4) is 0 Å². The molecule has 0 aromatic heterocycles. The highest BCUT2D eigenvalue weighted by atomic mass is 35.5. The van der Waals surface area contributed by atoms with Crippen LogP contribution < -0.4 is 5.73 Å². The van der Waals surface area contributed by atoms with Crippen LogP contribution in [0.4, 0.5) is 4.39 Å². The first kappa shape index (κ1) is 12.1. The minimum absolute atomic E-state index is 0.322. The number of hydrogen-bond acceptors (Lipinski definition) is 1. The molecule has 88 valence electrons. The van der Waals surface area contributed by atoms with Crippen molar-refractivity contribution in [3.63, 3.8) is 0 Å². The summed E-state index contributed by atoms with van der Waals surface area (Å²) in [7, 11) is 0. The molecule has 17 heavy (non-hydrogen) atoms. The van der Waals surface area contributed by atoms with E-state index in [-0.39, 0.29) is 5.82 Å². The third kappa shape index (κ3) is 2.19. The number of halogens is 2. The third-order valence-electron chi connectivity index (χ3n) is 2.87. The second-order valence-corrected chi connectivity index (χ2v) is 4.57. The average molecular weight is 250 g/mol. The lowest BCUT2D eigenvalue weighted by atomic mass is 9.85. The molecule has 2 aromatic rings. The van der Waals surface area contributed by atoms with Gasteiger partial charge in [0.25, 0.3) is 0 Å². The fraction of sp³-hybridized carbons (Fsp3) is 0.143. The molecule has 0 aliphatic rings. The Labute approximate surface area is 105 Å². The molecule has 2 rings (SSSR count). The van der Waals surface area contributed by atoms with Crippen LogP contribution in [0, 0.1) is 5.82 Å². The monoisotopic (exact) mass is 249 g/mol. The van der Waals surface area contributed by atoms with Crippen LogP contribution in [-0.4, -0.2) is 0 Å². The quantitative estimate of drug-likeness (QED) is 0.863. The van der Waals surface area contributed by atoms with Crippen molar-refractivity contribution >= 4 is 11.6 Å². The normalized spacial score (nSPS) is 14.4. The van der Waals surface area contributed by atoms with Crippen LogP contribution in [0.15, 0.2) is 48.5 Å². The summed E-state index contributed by atoms with van der Waals surface area (Å²) in [6.07, 6.45) is 0. The van der Waals surface area contributed by atoms with E-state index in [2.05, 4.69) is 0 Å². The minimum Gasteiger partial charge on any atom is -0.318 e. The van der Waals surface area contributed by atoms with Gasteiger partial charge in [0, 0.05) is 10.6 Å². The van der Waals surface area contributed by atoms with Crippen LogP contribution in [-0.2, 0) is 5.54 Å². The van der Waals surface area contributed by atoms with Gasteiger partial charge in [-0.25, -0.2) is 4.39 Å². The topological polar surface area (TPSA) is 26.0 Å². The summed E-state index contributed by atoms with van der Waals surface area (Å²) in [6, 6.07) is 13.7. The standard InChI is InChI=1S/C14H13ClFN/c1-14(17,10-6-2-4-8-12(10)15)11-7-3-5-9-13(11)16/h2-9H,17H2,1H3. The second-order valence-electron chi connectivity index (χ2n) is 4.16. The average Bonchev–Trinajstić information content (AvgIpc) is 2.29. The smallest absolute Gasteiger partial charge is 0.128 e. The van der Waals surface area contributed by atoms with Gasteiger partial charge < -0.3 is 5.73 Å². The molecule has 2 aromatic carbocycles. The van der Waals surface area contributed by atoms with Crippen LogP contribution in [0.2, 0.25) is 5.02 Å². The molecule has 1 unspecified atom stereocenters. The van der Waals surface area contributed by atoms with Gasteiger partial charge in [-0.15, -0.1) is 0 Å². The highest BCUT2D eigenvalue weighted by molar-refractivity contribution is 6.31. The maximum Gasteiger partial charge on any atom is 0.128 e. The summed E-state index contributed by atoms with van der Waals surface area (Å²) in [5.41, 5.74) is 6.45. The van der Waals surface area contributed by atoms with E-state index in [1.165, 1.54) is 6.07 Å². The van der Waals surface area contributed by atoms with E-state index < -0.39 is 5.54 Å². The fourth-order valence-electron chi connectivity index (χ4n) is 1.91. The summed E-state index contributed by atoms with van der Waals surface area (Å²) in [4.78, 5) is 0. The number of rotatable bonds is 2. The highest BCUT2D eigenvalue weighted by Gasteiger charge is 2.28. The van der Waals surface area contributed by atoms with E-state index in [0.29, 0.717) is 16.1 Å². The van der Waals surface area contributed by atoms with Gasteiger partial charge in [-0.05, 0) is 24.6 Å². The molecule has 0 aliphatic carbocycles. The Morgan fingerprint density at radius 2 is 1.53 bits per heavy atom. The zero-order chi connectivity index (χ0) is 12.5. The summed E-state index contributed by atoms with van der Waals surface area (Å²) in [6.45, 7) is 1.76. The van der Waals surface area contributed by atoms with Gasteiger partial charge in [0.1, 0.15) is 5.82 Å². The van der Waals surface area contributed by atoms with E-state index in [4.69, 9.17) is 17.3 Å². The fourth-order valence-corrected chi connectivity index (χ4v) is 2.24. The van der Waals surface area contributed by atoms with Gasteiger partial charge >= 0.3 is 0 Å². The maximum atomic E-state index is 13.8. The molecule has 1 nitrogen and oxygen atoms in total. The van der Waals surface area contributed by atoms with Gasteiger partial charge in [0.05, 0.1) is 5.54 Å². The molecule has 0 aliphatic heterocycles. The van der Waals surface area contributed by atoms with E-state index in [9.17, 15) is 4.39 Å². The molecule has 0 spiro atoms. The molecule has 0 bridgehead atoms. The predicted molar refractivity (Wildman–Crippen MR) is 68.5 cm³/mol. The summed E-state index contributed by atoms with van der Waals surface area (Å²) >= 11 is 6.11. The van der Waals surface area contributed by atoms with E-state index in [1.54, 1.807) is 31.2 Å². The van der Waals surface area contributed by atoms with E-state index in [1.807, 2.05) is 18.2 Å². The van der Waals surface area contributed by atoms with E-state index in [0.717, 1.165) is 0 Å². The van der Waals surface area contributed by atoms with Crippen molar-refractivity contribution in [3.05, 3.63) is 70.5 Å². The Kier molecular flexibility index (Phi) is 3.18. The van der Waals surface area contributed by atoms with Crippen molar-refractivity contribution < 1.29 is 4.39 Å². The third-order valence-corrected chi connectivity index (χ3v) is 3.20. The number of nitrogens with two attached hydrogens (primary N) is 1. The number of hydrogen-bond donors (Lipinski definition) is 1. The van der Waals surface area contributed by atoms with Gasteiger partial charge in [-0.1, -0.05) is 48.0 Å². The van der Waals surface area contributed by atoms with Crippen LogP contribution >= 0.6 is 11.6 Å². The Morgan fingerprint density at radius 1 is 1.00 bits per heavy atom. The molecule has 0 fully saturated rings. The van der Waals surface area contributed by atoms with Crippen molar-refractivity contribution in [2.75, 3.05) is 0 Å². The number of benzene rings is 2. The first-order chi connectivity index (χ1) is 8.03. The first-order valence-corrected chi connectivity index (χ1v) is 5.70. The highest BCUT2D eigenvalue weighted by Crippen LogP contribution is 2.32. The Morgan fingerprint density at radius 3 is 2.12 bits per heavy atom. The van der Waals surface area contributed by atoms with Crippen molar-refractivity contribution in [3.8, 4) is 0 Å². The van der Waals surface area contributed by atoms with Crippen LogP contribution in [0.5, 0.6) is 0 Å². The van der Waals surface area contributed by atoms with Gasteiger partial charge in [0.2, 0.25) is 0 Å². The summed E-state index contributed by atoms with van der Waals surface area (Å²) < 4.78 is 13.8. The second kappa shape index (κ2) is 4.47. The van der Waals surface area contributed by atoms with Crippen LogP contribution in [0.1, 0.15) is 18.1 Å². The van der Waals surface area contributed by atoms with Gasteiger partial charge in [-0.2, -0.15) is 0 Å². The molecular weight excluding hydrogens is 237 g/mol.